The number of rotatable bonds is 7. The summed E-state index contributed by atoms with van der Waals surface area (Å²) in [5, 5.41) is 2.83. The predicted octanol–water partition coefficient (Wildman–Crippen LogP) is 4.47. The fourth-order valence-electron chi connectivity index (χ4n) is 3.78. The van der Waals surface area contributed by atoms with Crippen LogP contribution in [-0.4, -0.2) is 53.2 Å². The number of carbonyl (C=O) groups is 2. The zero-order valence-corrected chi connectivity index (χ0v) is 20.7. The summed E-state index contributed by atoms with van der Waals surface area (Å²) in [5.74, 6) is 1.52. The topological polar surface area (TPSA) is 92.6 Å². The van der Waals surface area contributed by atoms with E-state index in [4.69, 9.17) is 19.5 Å². The first-order valence-corrected chi connectivity index (χ1v) is 12.0. The first kappa shape index (κ1) is 23.8. The van der Waals surface area contributed by atoms with Gasteiger partial charge >= 0.3 is 0 Å². The lowest BCUT2D eigenvalue weighted by molar-refractivity contribution is -0.125. The van der Waals surface area contributed by atoms with Gasteiger partial charge in [0.1, 0.15) is 23.4 Å². The molecule has 2 amide bonds. The Kier molecular flexibility index (Phi) is 6.92. The highest BCUT2D eigenvalue weighted by atomic mass is 32.2. The standard InChI is InChI=1S/C25H28N4O4S/c1-6-14(2)21-24(31)29-22(28-21)19-9-7-8-10-20(19)27-25(29)34-15(3)23(30)26-16-11-17(32-4)13-18(12-16)33-5/h7-15,21H,6H2,1-5H3,(H,26,30)/t14-,15+,21-/m0/s1. The van der Waals surface area contributed by atoms with Gasteiger partial charge < -0.3 is 14.8 Å². The van der Waals surface area contributed by atoms with Gasteiger partial charge in [-0.2, -0.15) is 0 Å². The molecule has 2 aromatic rings. The maximum atomic E-state index is 13.3. The summed E-state index contributed by atoms with van der Waals surface area (Å²) in [5.41, 5.74) is 2.12. The number of anilines is 1. The second kappa shape index (κ2) is 9.89. The number of benzene rings is 2. The number of thioether (sulfide) groups is 1. The third kappa shape index (κ3) is 4.52. The number of fused-ring (bicyclic) bond motifs is 3. The first-order valence-electron chi connectivity index (χ1n) is 11.2. The van der Waals surface area contributed by atoms with E-state index in [1.165, 1.54) is 11.8 Å². The molecule has 2 heterocycles. The molecule has 2 aromatic carbocycles. The van der Waals surface area contributed by atoms with E-state index in [0.717, 1.165) is 17.7 Å². The highest BCUT2D eigenvalue weighted by Gasteiger charge is 2.43. The maximum absolute atomic E-state index is 13.3. The Morgan fingerprint density at radius 2 is 1.82 bits per heavy atom. The van der Waals surface area contributed by atoms with E-state index >= 15 is 0 Å². The van der Waals surface area contributed by atoms with Crippen LogP contribution in [0.3, 0.4) is 0 Å². The zero-order chi connectivity index (χ0) is 24.4. The molecule has 9 heteroatoms. The van der Waals surface area contributed by atoms with Crippen LogP contribution in [0.5, 0.6) is 11.5 Å². The van der Waals surface area contributed by atoms with Crippen molar-refractivity contribution in [2.45, 2.75) is 38.5 Å². The van der Waals surface area contributed by atoms with Gasteiger partial charge in [-0.15, -0.1) is 0 Å². The van der Waals surface area contributed by atoms with E-state index in [1.54, 1.807) is 44.2 Å². The number of carbonyl (C=O) groups excluding carboxylic acids is 2. The number of ether oxygens (including phenoxy) is 2. The Bertz CT molecular complexity index is 1160. The van der Waals surface area contributed by atoms with Gasteiger partial charge in [0, 0.05) is 29.4 Å². The fraction of sp³-hybridized carbons (Fsp3) is 0.360. The lowest BCUT2D eigenvalue weighted by atomic mass is 10.00. The maximum Gasteiger partial charge on any atom is 0.259 e. The minimum Gasteiger partial charge on any atom is -0.497 e. The lowest BCUT2D eigenvalue weighted by Gasteiger charge is -2.27. The molecular weight excluding hydrogens is 452 g/mol. The van der Waals surface area contributed by atoms with Gasteiger partial charge in [0.25, 0.3) is 5.91 Å². The van der Waals surface area contributed by atoms with Crippen molar-refractivity contribution in [3.63, 3.8) is 0 Å². The number of nitrogens with one attached hydrogen (secondary N) is 1. The van der Waals surface area contributed by atoms with Crippen molar-refractivity contribution in [2.75, 3.05) is 19.5 Å². The van der Waals surface area contributed by atoms with Gasteiger partial charge in [-0.05, 0) is 25.0 Å². The second-order valence-corrected chi connectivity index (χ2v) is 9.53. The van der Waals surface area contributed by atoms with E-state index in [0.29, 0.717) is 28.2 Å². The van der Waals surface area contributed by atoms with E-state index in [-0.39, 0.29) is 17.7 Å². The third-order valence-corrected chi connectivity index (χ3v) is 7.00. The summed E-state index contributed by atoms with van der Waals surface area (Å²) < 4.78 is 10.6. The van der Waals surface area contributed by atoms with Crippen LogP contribution >= 0.6 is 11.8 Å². The van der Waals surface area contributed by atoms with Crippen LogP contribution in [0.1, 0.15) is 32.8 Å². The molecule has 3 atom stereocenters. The monoisotopic (exact) mass is 480 g/mol. The Morgan fingerprint density at radius 1 is 1.15 bits per heavy atom. The number of amides is 2. The molecule has 8 nitrogen and oxygen atoms in total. The Hall–Kier alpha value is -3.33. The van der Waals surface area contributed by atoms with E-state index < -0.39 is 11.3 Å². The van der Waals surface area contributed by atoms with E-state index in [2.05, 4.69) is 5.32 Å². The molecule has 0 saturated carbocycles. The molecule has 2 aliphatic heterocycles. The SMILES string of the molecule is CC[C@H](C)[C@@H]1N=C2c3ccccc3N=C(S[C@H](C)C(=O)Nc3cc(OC)cc(OC)c3)N2C1=O. The molecule has 0 unspecified atom stereocenters. The molecule has 0 saturated heterocycles. The zero-order valence-electron chi connectivity index (χ0n) is 19.9. The van der Waals surface area contributed by atoms with Crippen molar-refractivity contribution < 1.29 is 19.1 Å². The normalized spacial score (nSPS) is 18.3. The molecule has 0 spiro atoms. The summed E-state index contributed by atoms with van der Waals surface area (Å²) in [7, 11) is 3.10. The van der Waals surface area contributed by atoms with Crippen LogP contribution in [0.15, 0.2) is 52.4 Å². The van der Waals surface area contributed by atoms with Crippen LogP contribution in [0.25, 0.3) is 0 Å². The summed E-state index contributed by atoms with van der Waals surface area (Å²) >= 11 is 1.23. The molecule has 2 aliphatic rings. The quantitative estimate of drug-likeness (QED) is 0.631. The van der Waals surface area contributed by atoms with Gasteiger partial charge in [-0.1, -0.05) is 44.2 Å². The van der Waals surface area contributed by atoms with Gasteiger partial charge in [-0.3, -0.25) is 14.6 Å². The Balaban J connectivity index is 1.58. The van der Waals surface area contributed by atoms with Crippen LogP contribution in [0, 0.1) is 5.92 Å². The number of methoxy groups -OCH3 is 2. The highest BCUT2D eigenvalue weighted by molar-refractivity contribution is 8.15. The molecule has 0 aromatic heterocycles. The van der Waals surface area contributed by atoms with Crippen LogP contribution in [0.4, 0.5) is 11.4 Å². The number of nitrogens with zero attached hydrogens (tertiary/aromatic N) is 3. The molecule has 0 fully saturated rings. The van der Waals surface area contributed by atoms with Gasteiger partial charge in [-0.25, -0.2) is 9.89 Å². The van der Waals surface area contributed by atoms with E-state index in [1.807, 2.05) is 38.1 Å². The van der Waals surface area contributed by atoms with Crippen LogP contribution in [0.2, 0.25) is 0 Å². The molecule has 4 rings (SSSR count). The summed E-state index contributed by atoms with van der Waals surface area (Å²) in [6.45, 7) is 5.86. The summed E-state index contributed by atoms with van der Waals surface area (Å²) in [6, 6.07) is 12.3. The summed E-state index contributed by atoms with van der Waals surface area (Å²) in [6.07, 6.45) is 0.838. The molecule has 0 aliphatic carbocycles. The molecule has 34 heavy (non-hydrogen) atoms. The number of aliphatic imine (C=N–C) groups is 2. The minimum atomic E-state index is -0.530. The van der Waals surface area contributed by atoms with Gasteiger partial charge in [0.2, 0.25) is 5.91 Å². The predicted molar refractivity (Wildman–Crippen MR) is 135 cm³/mol. The molecular formula is C25H28N4O4S. The average Bonchev–Trinajstić information content (AvgIpc) is 3.20. The van der Waals surface area contributed by atoms with Crippen LogP contribution in [-0.2, 0) is 9.59 Å². The first-order chi connectivity index (χ1) is 16.4. The molecule has 1 N–H and O–H groups in total. The number of hydrogen-bond donors (Lipinski definition) is 1. The van der Waals surface area contributed by atoms with Crippen molar-refractivity contribution in [3.05, 3.63) is 48.0 Å². The number of para-hydroxylation sites is 1. The second-order valence-electron chi connectivity index (χ2n) is 8.22. The van der Waals surface area contributed by atoms with Gasteiger partial charge in [0.15, 0.2) is 5.17 Å². The van der Waals surface area contributed by atoms with Crippen molar-refractivity contribution in [2.24, 2.45) is 15.9 Å². The van der Waals surface area contributed by atoms with Crippen molar-refractivity contribution in [1.29, 1.82) is 0 Å². The van der Waals surface area contributed by atoms with Crippen LogP contribution < -0.4 is 14.8 Å². The molecule has 0 bridgehead atoms. The molecule has 0 radical (unpaired) electrons. The number of amidine groups is 2. The Labute approximate surface area is 203 Å². The minimum absolute atomic E-state index is 0.102. The fourth-order valence-corrected chi connectivity index (χ4v) is 4.69. The van der Waals surface area contributed by atoms with Gasteiger partial charge in [0.05, 0.1) is 25.2 Å². The molecule has 178 valence electrons. The number of hydrogen-bond acceptors (Lipinski definition) is 7. The Morgan fingerprint density at radius 3 is 2.47 bits per heavy atom. The average molecular weight is 481 g/mol. The largest absolute Gasteiger partial charge is 0.497 e. The smallest absolute Gasteiger partial charge is 0.259 e. The highest BCUT2D eigenvalue weighted by Crippen LogP contribution is 2.36. The van der Waals surface area contributed by atoms with Crippen molar-refractivity contribution in [3.8, 4) is 11.5 Å². The van der Waals surface area contributed by atoms with E-state index in [9.17, 15) is 9.59 Å². The lowest BCUT2D eigenvalue weighted by Crippen LogP contribution is -2.43. The van der Waals surface area contributed by atoms with Crippen molar-refractivity contribution >= 4 is 46.0 Å². The van der Waals surface area contributed by atoms with Crippen molar-refractivity contribution in [1.82, 2.24) is 4.90 Å². The third-order valence-electron chi connectivity index (χ3n) is 5.95. The summed E-state index contributed by atoms with van der Waals surface area (Å²) in [4.78, 5) is 37.4.